The van der Waals surface area contributed by atoms with Crippen molar-refractivity contribution >= 4 is 11.8 Å². The molecule has 1 unspecified atom stereocenters. The van der Waals surface area contributed by atoms with E-state index in [1.807, 2.05) is 11.8 Å². The highest BCUT2D eigenvalue weighted by Crippen LogP contribution is 2.06. The molecule has 0 aromatic heterocycles. The van der Waals surface area contributed by atoms with Crippen molar-refractivity contribution < 1.29 is 9.59 Å². The molecule has 2 N–H and O–H groups in total. The van der Waals surface area contributed by atoms with Gasteiger partial charge in [-0.1, -0.05) is 6.92 Å². The standard InChI is InChI=1S/C12H23N3O2/c1-3-11(13)9-12(17)15-6-4-5-14(7-8-15)10(2)16/h11H,3-9,13H2,1-2H3. The number of nitrogens with two attached hydrogens (primary N) is 1. The second kappa shape index (κ2) is 6.59. The zero-order valence-electron chi connectivity index (χ0n) is 10.8. The minimum Gasteiger partial charge on any atom is -0.341 e. The Bertz CT molecular complexity index is 281. The first kappa shape index (κ1) is 14.0. The van der Waals surface area contributed by atoms with Gasteiger partial charge in [0.05, 0.1) is 0 Å². The van der Waals surface area contributed by atoms with Crippen LogP contribution in [-0.2, 0) is 9.59 Å². The predicted molar refractivity (Wildman–Crippen MR) is 66.3 cm³/mol. The largest absolute Gasteiger partial charge is 0.341 e. The van der Waals surface area contributed by atoms with Crippen LogP contribution in [0.4, 0.5) is 0 Å². The van der Waals surface area contributed by atoms with Crippen molar-refractivity contribution in [1.82, 2.24) is 9.80 Å². The van der Waals surface area contributed by atoms with Crippen LogP contribution in [0.2, 0.25) is 0 Å². The Morgan fingerprint density at radius 2 is 1.76 bits per heavy atom. The monoisotopic (exact) mass is 241 g/mol. The smallest absolute Gasteiger partial charge is 0.224 e. The molecule has 2 amide bonds. The summed E-state index contributed by atoms with van der Waals surface area (Å²) in [5.41, 5.74) is 5.78. The van der Waals surface area contributed by atoms with Crippen LogP contribution in [0.15, 0.2) is 0 Å². The summed E-state index contributed by atoms with van der Waals surface area (Å²) < 4.78 is 0. The first-order valence-electron chi connectivity index (χ1n) is 6.33. The van der Waals surface area contributed by atoms with Gasteiger partial charge in [-0.05, 0) is 12.8 Å². The molecule has 0 spiro atoms. The van der Waals surface area contributed by atoms with Crippen molar-refractivity contribution in [2.24, 2.45) is 5.73 Å². The fraction of sp³-hybridized carbons (Fsp3) is 0.833. The molecule has 1 heterocycles. The summed E-state index contributed by atoms with van der Waals surface area (Å²) in [4.78, 5) is 26.8. The Labute approximate surface area is 103 Å². The van der Waals surface area contributed by atoms with E-state index in [4.69, 9.17) is 5.73 Å². The predicted octanol–water partition coefficient (Wildman–Crippen LogP) is 0.195. The molecule has 1 saturated heterocycles. The van der Waals surface area contributed by atoms with Crippen molar-refractivity contribution in [3.63, 3.8) is 0 Å². The lowest BCUT2D eigenvalue weighted by Gasteiger charge is -2.22. The van der Waals surface area contributed by atoms with E-state index in [0.29, 0.717) is 19.5 Å². The molecule has 0 aromatic rings. The molecule has 98 valence electrons. The van der Waals surface area contributed by atoms with Gasteiger partial charge in [-0.2, -0.15) is 0 Å². The zero-order chi connectivity index (χ0) is 12.8. The van der Waals surface area contributed by atoms with Gasteiger partial charge in [-0.25, -0.2) is 0 Å². The van der Waals surface area contributed by atoms with Gasteiger partial charge in [0.25, 0.3) is 0 Å². The summed E-state index contributed by atoms with van der Waals surface area (Å²) in [6.07, 6.45) is 2.09. The van der Waals surface area contributed by atoms with Crippen LogP contribution in [0.25, 0.3) is 0 Å². The van der Waals surface area contributed by atoms with Gasteiger partial charge in [-0.15, -0.1) is 0 Å². The van der Waals surface area contributed by atoms with Crippen LogP contribution < -0.4 is 5.73 Å². The molecule has 0 bridgehead atoms. The van der Waals surface area contributed by atoms with Gasteiger partial charge < -0.3 is 15.5 Å². The quantitative estimate of drug-likeness (QED) is 0.767. The first-order valence-corrected chi connectivity index (χ1v) is 6.33. The summed E-state index contributed by atoms with van der Waals surface area (Å²) >= 11 is 0. The molecule has 1 fully saturated rings. The Morgan fingerprint density at radius 1 is 1.18 bits per heavy atom. The Balaban J connectivity index is 2.45. The van der Waals surface area contributed by atoms with Crippen molar-refractivity contribution in [2.75, 3.05) is 26.2 Å². The molecular weight excluding hydrogens is 218 g/mol. The highest BCUT2D eigenvalue weighted by Gasteiger charge is 2.21. The molecule has 5 heteroatoms. The lowest BCUT2D eigenvalue weighted by molar-refractivity contribution is -0.132. The zero-order valence-corrected chi connectivity index (χ0v) is 10.8. The highest BCUT2D eigenvalue weighted by molar-refractivity contribution is 5.77. The maximum atomic E-state index is 11.9. The third-order valence-corrected chi connectivity index (χ3v) is 3.26. The minimum absolute atomic E-state index is 0.0466. The number of hydrogen-bond acceptors (Lipinski definition) is 3. The Morgan fingerprint density at radius 3 is 2.35 bits per heavy atom. The summed E-state index contributed by atoms with van der Waals surface area (Å²) in [6, 6.07) is -0.0466. The van der Waals surface area contributed by atoms with E-state index in [-0.39, 0.29) is 17.9 Å². The van der Waals surface area contributed by atoms with Crippen LogP contribution in [0.3, 0.4) is 0 Å². The van der Waals surface area contributed by atoms with E-state index in [0.717, 1.165) is 25.9 Å². The van der Waals surface area contributed by atoms with Crippen molar-refractivity contribution in [3.05, 3.63) is 0 Å². The molecule has 1 atom stereocenters. The minimum atomic E-state index is -0.0466. The van der Waals surface area contributed by atoms with Gasteiger partial charge >= 0.3 is 0 Å². The maximum Gasteiger partial charge on any atom is 0.224 e. The number of carbonyl (C=O) groups excluding carboxylic acids is 2. The van der Waals surface area contributed by atoms with E-state index in [1.54, 1.807) is 11.8 Å². The highest BCUT2D eigenvalue weighted by atomic mass is 16.2. The fourth-order valence-electron chi connectivity index (χ4n) is 1.98. The van der Waals surface area contributed by atoms with Crippen LogP contribution in [0.1, 0.15) is 33.1 Å². The third kappa shape index (κ3) is 4.34. The Kier molecular flexibility index (Phi) is 5.41. The molecule has 17 heavy (non-hydrogen) atoms. The molecule has 0 saturated carbocycles. The van der Waals surface area contributed by atoms with Crippen molar-refractivity contribution in [2.45, 2.75) is 39.2 Å². The summed E-state index contributed by atoms with van der Waals surface area (Å²) in [5.74, 6) is 0.203. The SMILES string of the molecule is CCC(N)CC(=O)N1CCCN(C(C)=O)CC1. The topological polar surface area (TPSA) is 66.6 Å². The number of nitrogens with zero attached hydrogens (tertiary/aromatic N) is 2. The Hall–Kier alpha value is -1.10. The molecule has 5 nitrogen and oxygen atoms in total. The van der Waals surface area contributed by atoms with Crippen LogP contribution in [0.5, 0.6) is 0 Å². The van der Waals surface area contributed by atoms with Gasteiger partial charge in [0, 0.05) is 45.6 Å². The summed E-state index contributed by atoms with van der Waals surface area (Å²) in [7, 11) is 0. The van der Waals surface area contributed by atoms with Gasteiger partial charge in [-0.3, -0.25) is 9.59 Å². The lowest BCUT2D eigenvalue weighted by Crippen LogP contribution is -2.38. The molecule has 1 rings (SSSR count). The van der Waals surface area contributed by atoms with Crippen molar-refractivity contribution in [1.29, 1.82) is 0 Å². The van der Waals surface area contributed by atoms with E-state index < -0.39 is 0 Å². The maximum absolute atomic E-state index is 11.9. The summed E-state index contributed by atoms with van der Waals surface area (Å²) in [5, 5.41) is 0. The van der Waals surface area contributed by atoms with Crippen molar-refractivity contribution in [3.8, 4) is 0 Å². The first-order chi connectivity index (χ1) is 8.04. The van der Waals surface area contributed by atoms with Crippen LogP contribution >= 0.6 is 0 Å². The van der Waals surface area contributed by atoms with Crippen LogP contribution in [0, 0.1) is 0 Å². The normalized spacial score (nSPS) is 18.8. The number of hydrogen-bond donors (Lipinski definition) is 1. The second-order valence-electron chi connectivity index (χ2n) is 4.61. The van der Waals surface area contributed by atoms with Gasteiger partial charge in [0.15, 0.2) is 0 Å². The number of carbonyl (C=O) groups is 2. The van der Waals surface area contributed by atoms with Gasteiger partial charge in [0.1, 0.15) is 0 Å². The third-order valence-electron chi connectivity index (χ3n) is 3.26. The van der Waals surface area contributed by atoms with E-state index >= 15 is 0 Å². The van der Waals surface area contributed by atoms with E-state index in [1.165, 1.54) is 0 Å². The average Bonchev–Trinajstić information content (AvgIpc) is 2.54. The van der Waals surface area contributed by atoms with Crippen LogP contribution in [-0.4, -0.2) is 53.8 Å². The molecule has 1 aliphatic heterocycles. The van der Waals surface area contributed by atoms with Gasteiger partial charge in [0.2, 0.25) is 11.8 Å². The number of amides is 2. The van der Waals surface area contributed by atoms with E-state index in [9.17, 15) is 9.59 Å². The van der Waals surface area contributed by atoms with E-state index in [2.05, 4.69) is 0 Å². The number of rotatable bonds is 3. The average molecular weight is 241 g/mol. The summed E-state index contributed by atoms with van der Waals surface area (Å²) in [6.45, 7) is 6.32. The lowest BCUT2D eigenvalue weighted by atomic mass is 10.1. The molecule has 0 aromatic carbocycles. The molecule has 0 radical (unpaired) electrons. The molecule has 1 aliphatic rings. The fourth-order valence-corrected chi connectivity index (χ4v) is 1.98. The molecular formula is C12H23N3O2. The second-order valence-corrected chi connectivity index (χ2v) is 4.61. The molecule has 0 aliphatic carbocycles.